The zero-order valence-corrected chi connectivity index (χ0v) is 14.9. The Labute approximate surface area is 158 Å². The van der Waals surface area contributed by atoms with Crippen molar-refractivity contribution in [2.45, 2.75) is 4.90 Å². The summed E-state index contributed by atoms with van der Waals surface area (Å²) in [4.78, 5) is 10.5. The minimum atomic E-state index is -4.80. The first-order chi connectivity index (χ1) is 12.7. The summed E-state index contributed by atoms with van der Waals surface area (Å²) in [5.41, 5.74) is -0.827. The number of benzene rings is 3. The van der Waals surface area contributed by atoms with E-state index < -0.39 is 31.6 Å². The van der Waals surface area contributed by atoms with Crippen molar-refractivity contribution in [3.63, 3.8) is 0 Å². The van der Waals surface area contributed by atoms with Crippen LogP contribution >= 0.6 is 11.6 Å². The van der Waals surface area contributed by atoms with E-state index in [0.29, 0.717) is 5.39 Å². The number of carbonyl (C=O) groups is 1. The molecule has 3 rings (SSSR count). The van der Waals surface area contributed by atoms with Crippen LogP contribution in [-0.2, 0) is 10.1 Å². The molecule has 0 aliphatic carbocycles. The highest BCUT2D eigenvalue weighted by Crippen LogP contribution is 2.38. The Bertz CT molecular complexity index is 1210. The number of aromatic carboxylic acids is 1. The zero-order chi connectivity index (χ0) is 19.8. The van der Waals surface area contributed by atoms with E-state index in [9.17, 15) is 23.4 Å². The van der Waals surface area contributed by atoms with Crippen LogP contribution in [0.1, 0.15) is 10.4 Å². The summed E-state index contributed by atoms with van der Waals surface area (Å²) in [7, 11) is -4.80. The van der Waals surface area contributed by atoms with Gasteiger partial charge in [-0.1, -0.05) is 41.9 Å². The van der Waals surface area contributed by atoms with Crippen LogP contribution in [-0.4, -0.2) is 29.2 Å². The molecular weight excluding hydrogens is 396 g/mol. The minimum Gasteiger partial charge on any atom is -0.506 e. The number of hydrogen-bond acceptors (Lipinski definition) is 6. The Kier molecular flexibility index (Phi) is 4.83. The highest BCUT2D eigenvalue weighted by atomic mass is 35.5. The lowest BCUT2D eigenvalue weighted by Crippen LogP contribution is -2.08. The number of aromatic hydroxyl groups is 1. The van der Waals surface area contributed by atoms with E-state index in [2.05, 4.69) is 10.2 Å². The number of nitrogens with zero attached hydrogens (tertiary/aromatic N) is 2. The maximum Gasteiger partial charge on any atom is 0.338 e. The molecule has 0 spiro atoms. The van der Waals surface area contributed by atoms with Gasteiger partial charge in [-0.15, -0.1) is 10.2 Å². The summed E-state index contributed by atoms with van der Waals surface area (Å²) < 4.78 is 31.8. The summed E-state index contributed by atoms with van der Waals surface area (Å²) in [6, 6.07) is 12.2. The van der Waals surface area contributed by atoms with Gasteiger partial charge in [0.25, 0.3) is 10.1 Å². The van der Waals surface area contributed by atoms with Crippen molar-refractivity contribution in [1.29, 1.82) is 0 Å². The van der Waals surface area contributed by atoms with Crippen molar-refractivity contribution >= 4 is 49.8 Å². The number of azo groups is 1. The normalized spacial score (nSPS) is 11.9. The predicted molar refractivity (Wildman–Crippen MR) is 98.0 cm³/mol. The molecule has 0 fully saturated rings. The summed E-state index contributed by atoms with van der Waals surface area (Å²) in [6.45, 7) is 0. The first kappa shape index (κ1) is 18.8. The molecule has 0 heterocycles. The van der Waals surface area contributed by atoms with Crippen molar-refractivity contribution in [2.24, 2.45) is 10.2 Å². The second-order valence-corrected chi connectivity index (χ2v) is 7.17. The Balaban J connectivity index is 2.16. The summed E-state index contributed by atoms with van der Waals surface area (Å²) in [6.07, 6.45) is 0. The monoisotopic (exact) mass is 406 g/mol. The van der Waals surface area contributed by atoms with Crippen LogP contribution in [0.2, 0.25) is 5.02 Å². The Morgan fingerprint density at radius 3 is 2.37 bits per heavy atom. The molecule has 3 N–H and O–H groups in total. The third-order valence-corrected chi connectivity index (χ3v) is 4.99. The largest absolute Gasteiger partial charge is 0.506 e. The van der Waals surface area contributed by atoms with Gasteiger partial charge < -0.3 is 10.2 Å². The van der Waals surface area contributed by atoms with Crippen LogP contribution in [0.5, 0.6) is 5.75 Å². The van der Waals surface area contributed by atoms with Crippen molar-refractivity contribution in [1.82, 2.24) is 0 Å². The quantitative estimate of drug-likeness (QED) is 0.429. The number of phenolic OH excluding ortho intramolecular Hbond substituents is 1. The Morgan fingerprint density at radius 1 is 1.00 bits per heavy atom. The molecule has 0 unspecified atom stereocenters. The van der Waals surface area contributed by atoms with Crippen LogP contribution in [0.25, 0.3) is 10.8 Å². The average Bonchev–Trinajstić information content (AvgIpc) is 2.60. The van der Waals surface area contributed by atoms with Crippen LogP contribution in [0.15, 0.2) is 63.7 Å². The highest BCUT2D eigenvalue weighted by molar-refractivity contribution is 7.86. The smallest absolute Gasteiger partial charge is 0.338 e. The van der Waals surface area contributed by atoms with Crippen LogP contribution < -0.4 is 0 Å². The van der Waals surface area contributed by atoms with Gasteiger partial charge in [0.15, 0.2) is 0 Å². The molecule has 27 heavy (non-hydrogen) atoms. The van der Waals surface area contributed by atoms with Crippen molar-refractivity contribution in [3.8, 4) is 5.75 Å². The highest BCUT2D eigenvalue weighted by Gasteiger charge is 2.25. The number of carboxylic acid groups (broad SMARTS) is 1. The fourth-order valence-corrected chi connectivity index (χ4v) is 3.52. The summed E-state index contributed by atoms with van der Waals surface area (Å²) in [5, 5.41) is 28.0. The van der Waals surface area contributed by atoms with Gasteiger partial charge in [-0.3, -0.25) is 4.55 Å². The standard InChI is InChI=1S/C17H11ClN2O6S/c18-15-11(6-8-13(27(24,25)26)14(15)17(22)23)19-20-16-10-4-2-1-3-9(10)5-7-12(16)21/h1-8,21H,(H,22,23)(H,24,25,26). The second kappa shape index (κ2) is 6.95. The van der Waals surface area contributed by atoms with E-state index >= 15 is 0 Å². The fourth-order valence-electron chi connectivity index (χ4n) is 2.49. The van der Waals surface area contributed by atoms with E-state index in [-0.39, 0.29) is 17.1 Å². The molecule has 0 aliphatic heterocycles. The van der Waals surface area contributed by atoms with E-state index in [1.807, 2.05) is 12.1 Å². The minimum absolute atomic E-state index is 0.139. The molecular formula is C17H11ClN2O6S. The second-order valence-electron chi connectivity index (χ2n) is 5.41. The van der Waals surface area contributed by atoms with Gasteiger partial charge in [-0.2, -0.15) is 8.42 Å². The van der Waals surface area contributed by atoms with E-state index in [1.54, 1.807) is 18.2 Å². The molecule has 3 aromatic carbocycles. The van der Waals surface area contributed by atoms with Crippen LogP contribution in [0.3, 0.4) is 0 Å². The number of carboxylic acids is 1. The predicted octanol–water partition coefficient (Wildman–Crippen LogP) is 4.56. The molecule has 138 valence electrons. The van der Waals surface area contributed by atoms with Crippen molar-refractivity contribution in [2.75, 3.05) is 0 Å². The molecule has 0 bridgehead atoms. The third-order valence-electron chi connectivity index (χ3n) is 3.71. The molecule has 8 nitrogen and oxygen atoms in total. The molecule has 0 saturated carbocycles. The number of rotatable bonds is 4. The van der Waals surface area contributed by atoms with Crippen LogP contribution in [0, 0.1) is 0 Å². The van der Waals surface area contributed by atoms with Gasteiger partial charge in [0.1, 0.15) is 27.6 Å². The first-order valence-corrected chi connectivity index (χ1v) is 9.17. The Hall–Kier alpha value is -3.01. The van der Waals surface area contributed by atoms with Gasteiger partial charge in [-0.25, -0.2) is 4.79 Å². The fraction of sp³-hybridized carbons (Fsp3) is 0. The molecule has 0 atom stereocenters. The lowest BCUT2D eigenvalue weighted by Gasteiger charge is -2.07. The molecule has 0 radical (unpaired) electrons. The van der Waals surface area contributed by atoms with E-state index in [4.69, 9.17) is 16.2 Å². The van der Waals surface area contributed by atoms with Gasteiger partial charge in [-0.05, 0) is 23.6 Å². The number of hydrogen-bond donors (Lipinski definition) is 3. The van der Waals surface area contributed by atoms with Crippen LogP contribution in [0.4, 0.5) is 11.4 Å². The molecule has 10 heteroatoms. The maximum absolute atomic E-state index is 11.4. The van der Waals surface area contributed by atoms with Crippen molar-refractivity contribution in [3.05, 3.63) is 59.1 Å². The van der Waals surface area contributed by atoms with Gasteiger partial charge in [0.05, 0.1) is 5.02 Å². The topological polar surface area (TPSA) is 137 Å². The van der Waals surface area contributed by atoms with E-state index in [1.165, 1.54) is 6.07 Å². The third kappa shape index (κ3) is 3.61. The van der Waals surface area contributed by atoms with Crippen molar-refractivity contribution < 1.29 is 28.0 Å². The Morgan fingerprint density at radius 2 is 1.70 bits per heavy atom. The lowest BCUT2D eigenvalue weighted by atomic mass is 10.1. The summed E-state index contributed by atoms with van der Waals surface area (Å²) >= 11 is 5.97. The maximum atomic E-state index is 11.4. The molecule has 0 saturated heterocycles. The summed E-state index contributed by atoms with van der Waals surface area (Å²) in [5.74, 6) is -1.81. The van der Waals surface area contributed by atoms with Gasteiger partial charge in [0.2, 0.25) is 0 Å². The SMILES string of the molecule is O=C(O)c1c(S(=O)(=O)O)ccc(N=Nc2c(O)ccc3ccccc23)c1Cl. The molecule has 0 aliphatic rings. The molecule has 3 aromatic rings. The first-order valence-electron chi connectivity index (χ1n) is 7.36. The number of halogens is 1. The van der Waals surface area contributed by atoms with Gasteiger partial charge in [0, 0.05) is 5.39 Å². The number of phenols is 1. The molecule has 0 amide bonds. The van der Waals surface area contributed by atoms with Gasteiger partial charge >= 0.3 is 5.97 Å². The average molecular weight is 407 g/mol. The zero-order valence-electron chi connectivity index (χ0n) is 13.4. The van der Waals surface area contributed by atoms with E-state index in [0.717, 1.165) is 17.5 Å². The lowest BCUT2D eigenvalue weighted by molar-refractivity contribution is 0.0692. The molecule has 0 aromatic heterocycles. The number of fused-ring (bicyclic) bond motifs is 1.